The third-order valence-electron chi connectivity index (χ3n) is 6.58. The fourth-order valence-corrected chi connectivity index (χ4v) is 4.62. The van der Waals surface area contributed by atoms with Gasteiger partial charge in [0.2, 0.25) is 0 Å². The highest BCUT2D eigenvalue weighted by atomic mass is 19.4. The maximum absolute atomic E-state index is 13.9. The Morgan fingerprint density at radius 2 is 1.78 bits per heavy atom. The van der Waals surface area contributed by atoms with Crippen molar-refractivity contribution in [3.8, 4) is 11.3 Å². The molecule has 0 aliphatic carbocycles. The maximum atomic E-state index is 13.9. The van der Waals surface area contributed by atoms with E-state index in [1.54, 1.807) is 11.0 Å². The molecule has 0 radical (unpaired) electrons. The lowest BCUT2D eigenvalue weighted by Gasteiger charge is -2.29. The van der Waals surface area contributed by atoms with E-state index in [1.807, 2.05) is 0 Å². The number of alkyl halides is 6. The van der Waals surface area contributed by atoms with Crippen LogP contribution in [0.3, 0.4) is 0 Å². The van der Waals surface area contributed by atoms with Crippen LogP contribution in [0, 0.1) is 0 Å². The minimum atomic E-state index is -5.29. The number of rotatable bonds is 5. The third kappa shape index (κ3) is 6.06. The summed E-state index contributed by atoms with van der Waals surface area (Å²) in [7, 11) is 0. The van der Waals surface area contributed by atoms with Crippen LogP contribution >= 0.6 is 0 Å². The molecule has 3 aromatic rings. The van der Waals surface area contributed by atoms with Crippen molar-refractivity contribution < 1.29 is 45.5 Å². The van der Waals surface area contributed by atoms with Gasteiger partial charge >= 0.3 is 18.3 Å². The topological polar surface area (TPSA) is 85.7 Å². The highest BCUT2D eigenvalue weighted by Gasteiger charge is 2.43. The van der Waals surface area contributed by atoms with Crippen LogP contribution in [0.4, 0.5) is 32.0 Å². The number of hydrogen-bond donors (Lipinski definition) is 1. The van der Waals surface area contributed by atoms with Crippen molar-refractivity contribution in [2.45, 2.75) is 18.8 Å². The molecule has 0 unspecified atom stereocenters. The molecule has 14 heteroatoms. The summed E-state index contributed by atoms with van der Waals surface area (Å²) in [5, 5.41) is 2.57. The van der Waals surface area contributed by atoms with Crippen molar-refractivity contribution in [1.29, 1.82) is 0 Å². The molecule has 1 amide bonds. The van der Waals surface area contributed by atoms with Gasteiger partial charge in [-0.15, -0.1) is 0 Å². The van der Waals surface area contributed by atoms with Gasteiger partial charge in [0, 0.05) is 43.5 Å². The average molecular weight is 580 g/mol. The summed E-state index contributed by atoms with van der Waals surface area (Å²) < 4.78 is 86.7. The number of pyridine rings is 1. The molecule has 1 fully saturated rings. The summed E-state index contributed by atoms with van der Waals surface area (Å²) in [6.45, 7) is 1.88. The minimum absolute atomic E-state index is 0.0327. The fraction of sp³-hybridized carbons (Fsp3) is 0.296. The van der Waals surface area contributed by atoms with Crippen molar-refractivity contribution in [3.63, 3.8) is 0 Å². The molecule has 0 spiro atoms. The number of halogens is 6. The van der Waals surface area contributed by atoms with Crippen LogP contribution in [-0.4, -0.2) is 60.6 Å². The molecule has 1 N–H and O–H groups in total. The van der Waals surface area contributed by atoms with E-state index in [1.165, 1.54) is 42.6 Å². The highest BCUT2D eigenvalue weighted by Crippen LogP contribution is 2.36. The van der Waals surface area contributed by atoms with Crippen LogP contribution in [0.5, 0.6) is 0 Å². The van der Waals surface area contributed by atoms with E-state index in [2.05, 4.69) is 15.1 Å². The first-order valence-electron chi connectivity index (χ1n) is 12.4. The van der Waals surface area contributed by atoms with Crippen LogP contribution in [0.15, 0.2) is 42.6 Å². The number of amides is 1. The quantitative estimate of drug-likeness (QED) is 0.451. The zero-order valence-corrected chi connectivity index (χ0v) is 21.2. The van der Waals surface area contributed by atoms with Crippen molar-refractivity contribution in [3.05, 3.63) is 70.7 Å². The molecule has 41 heavy (non-hydrogen) atoms. The number of fused-ring (bicyclic) bond motifs is 1. The van der Waals surface area contributed by atoms with E-state index < -0.39 is 29.8 Å². The smallest absolute Gasteiger partial charge is 0.378 e. The molecule has 2 aliphatic rings. The second kappa shape index (κ2) is 10.9. The number of nitrogens with zero attached hydrogens (tertiary/aromatic N) is 3. The molecule has 0 bridgehead atoms. The highest BCUT2D eigenvalue weighted by molar-refractivity contribution is 5.98. The van der Waals surface area contributed by atoms with Crippen molar-refractivity contribution >= 4 is 29.7 Å². The number of hydrogen-bond acceptors (Lipinski definition) is 6. The molecule has 8 nitrogen and oxygen atoms in total. The average Bonchev–Trinajstić information content (AvgIpc) is 3.31. The molecule has 2 aromatic heterocycles. The van der Waals surface area contributed by atoms with Crippen LogP contribution in [0.25, 0.3) is 23.4 Å². The molecule has 0 atom stereocenters. The van der Waals surface area contributed by atoms with Crippen molar-refractivity contribution in [2.24, 2.45) is 0 Å². The predicted molar refractivity (Wildman–Crippen MR) is 135 cm³/mol. The standard InChI is InChI=1S/C27H22F6N4O4/c28-26(29,30)21-14-19(36-9-11-40-12-10-36)4-2-16(21)1-3-18-13-17(5-7-34-18)23-15-20-22(6-8-35-24(20)38)37(23)41-25(39)27(31,32)33/h1-5,7,13-15H,6,8-12H2,(H,35,38)/b3-1+. The molecule has 4 heterocycles. The van der Waals surface area contributed by atoms with Gasteiger partial charge < -0.3 is 19.8 Å². The Balaban J connectivity index is 1.49. The van der Waals surface area contributed by atoms with Gasteiger partial charge in [0.05, 0.1) is 41.4 Å². The molecule has 0 saturated carbocycles. The van der Waals surface area contributed by atoms with Gasteiger partial charge in [0.1, 0.15) is 0 Å². The first-order valence-corrected chi connectivity index (χ1v) is 12.4. The predicted octanol–water partition coefficient (Wildman–Crippen LogP) is 4.38. The molecule has 1 aromatic carbocycles. The van der Waals surface area contributed by atoms with Gasteiger partial charge in [-0.3, -0.25) is 9.78 Å². The van der Waals surface area contributed by atoms with E-state index in [-0.39, 0.29) is 46.7 Å². The Hall–Kier alpha value is -4.33. The van der Waals surface area contributed by atoms with E-state index in [4.69, 9.17) is 4.74 Å². The Morgan fingerprint density at radius 3 is 2.49 bits per heavy atom. The van der Waals surface area contributed by atoms with E-state index in [0.29, 0.717) is 36.7 Å². The van der Waals surface area contributed by atoms with Gasteiger partial charge in [-0.25, -0.2) is 4.79 Å². The summed E-state index contributed by atoms with van der Waals surface area (Å²) in [5.41, 5.74) is -0.0825. The normalized spacial score (nSPS) is 16.0. The second-order valence-corrected chi connectivity index (χ2v) is 9.24. The first kappa shape index (κ1) is 28.2. The lowest BCUT2D eigenvalue weighted by atomic mass is 10.0. The molecule has 2 aliphatic heterocycles. The van der Waals surface area contributed by atoms with Crippen LogP contribution in [0.2, 0.25) is 0 Å². The number of aromatic nitrogens is 2. The molecule has 1 saturated heterocycles. The lowest BCUT2D eigenvalue weighted by molar-refractivity contribution is -0.199. The summed E-state index contributed by atoms with van der Waals surface area (Å²) in [5.74, 6) is -3.03. The minimum Gasteiger partial charge on any atom is -0.378 e. The second-order valence-electron chi connectivity index (χ2n) is 9.24. The number of carbonyl (C=O) groups is 2. The van der Waals surface area contributed by atoms with Gasteiger partial charge in [0.25, 0.3) is 5.91 Å². The van der Waals surface area contributed by atoms with Gasteiger partial charge in [-0.2, -0.15) is 31.1 Å². The fourth-order valence-electron chi connectivity index (χ4n) is 4.62. The van der Waals surface area contributed by atoms with Crippen LogP contribution in [-0.2, 0) is 22.1 Å². The first-order chi connectivity index (χ1) is 19.4. The number of ether oxygens (including phenoxy) is 1. The number of benzene rings is 1. The third-order valence-corrected chi connectivity index (χ3v) is 6.58. The zero-order chi connectivity index (χ0) is 29.4. The molecule has 5 rings (SSSR count). The van der Waals surface area contributed by atoms with Crippen molar-refractivity contribution in [1.82, 2.24) is 15.0 Å². The lowest BCUT2D eigenvalue weighted by Crippen LogP contribution is -2.37. The summed E-state index contributed by atoms with van der Waals surface area (Å²) >= 11 is 0. The van der Waals surface area contributed by atoms with Gasteiger partial charge in [0.15, 0.2) is 0 Å². The van der Waals surface area contributed by atoms with Gasteiger partial charge in [-0.1, -0.05) is 12.1 Å². The molecular formula is C27H22F6N4O4. The summed E-state index contributed by atoms with van der Waals surface area (Å²) in [6, 6.07) is 8.09. The number of morpholine rings is 1. The Morgan fingerprint density at radius 1 is 1.02 bits per heavy atom. The van der Waals surface area contributed by atoms with E-state index in [9.17, 15) is 35.9 Å². The number of anilines is 1. The largest absolute Gasteiger partial charge is 0.493 e. The molecule has 216 valence electrons. The monoisotopic (exact) mass is 580 g/mol. The Bertz CT molecular complexity index is 1510. The summed E-state index contributed by atoms with van der Waals surface area (Å²) in [4.78, 5) is 34.5. The Kier molecular flexibility index (Phi) is 7.51. The van der Waals surface area contributed by atoms with Crippen LogP contribution < -0.4 is 15.1 Å². The Labute approximate surface area is 229 Å². The number of nitrogens with one attached hydrogen (secondary N) is 1. The van der Waals surface area contributed by atoms with E-state index in [0.717, 1.165) is 6.07 Å². The van der Waals surface area contributed by atoms with Gasteiger partial charge in [-0.05, 0) is 42.0 Å². The summed E-state index contributed by atoms with van der Waals surface area (Å²) in [6.07, 6.45) is -5.97. The SMILES string of the molecule is O=C1NCCc2c1cc(-c1ccnc(/C=C/c3ccc(N4CCOCC4)cc3C(F)(F)F)c1)n2OC(=O)C(F)(F)F. The maximum Gasteiger partial charge on any atom is 0.493 e. The van der Waals surface area contributed by atoms with E-state index >= 15 is 0 Å². The number of carbonyl (C=O) groups excluding carboxylic acids is 2. The zero-order valence-electron chi connectivity index (χ0n) is 21.2. The van der Waals surface area contributed by atoms with Crippen molar-refractivity contribution in [2.75, 3.05) is 37.7 Å². The van der Waals surface area contributed by atoms with Crippen LogP contribution in [0.1, 0.15) is 32.9 Å². The molecular weight excluding hydrogens is 558 g/mol.